The summed E-state index contributed by atoms with van der Waals surface area (Å²) in [6.07, 6.45) is 0. The van der Waals surface area contributed by atoms with E-state index in [0.29, 0.717) is 33.8 Å². The standard InChI is InChI=1S/C27H24N6O3S/c1-17-8-12-20(13-9-17)24-23(25(34)29-21-6-4-3-5-7-21)18(2)28-26-30-27(31-32(24)26)37-16-19-10-14-22(15-11-19)33(35)36/h3-15,24H,16H2,1-2H3,(H,29,34)(H,28,30,31). The molecule has 1 aliphatic rings. The van der Waals surface area contributed by atoms with Gasteiger partial charge in [-0.15, -0.1) is 5.10 Å². The molecule has 4 aromatic rings. The Labute approximate surface area is 217 Å². The molecule has 0 radical (unpaired) electrons. The van der Waals surface area contributed by atoms with Gasteiger partial charge in [0, 0.05) is 29.3 Å². The van der Waals surface area contributed by atoms with Crippen LogP contribution in [0.2, 0.25) is 0 Å². The largest absolute Gasteiger partial charge is 0.328 e. The zero-order valence-electron chi connectivity index (χ0n) is 20.2. The van der Waals surface area contributed by atoms with Crippen molar-refractivity contribution in [3.05, 3.63) is 117 Å². The highest BCUT2D eigenvalue weighted by atomic mass is 32.2. The van der Waals surface area contributed by atoms with Crippen LogP contribution in [0.5, 0.6) is 0 Å². The van der Waals surface area contributed by atoms with E-state index in [2.05, 4.69) is 15.6 Å². The number of non-ortho nitro benzene ring substituents is 1. The third-order valence-electron chi connectivity index (χ3n) is 6.02. The van der Waals surface area contributed by atoms with E-state index in [1.165, 1.54) is 23.9 Å². The fourth-order valence-corrected chi connectivity index (χ4v) is 4.91. The molecule has 1 atom stereocenters. The normalized spacial score (nSPS) is 14.6. The lowest BCUT2D eigenvalue weighted by molar-refractivity contribution is -0.384. The van der Waals surface area contributed by atoms with Crippen LogP contribution in [0.25, 0.3) is 0 Å². The highest BCUT2D eigenvalue weighted by molar-refractivity contribution is 7.98. The number of hydrogen-bond acceptors (Lipinski definition) is 7. The summed E-state index contributed by atoms with van der Waals surface area (Å²) >= 11 is 1.42. The van der Waals surface area contributed by atoms with Gasteiger partial charge in [0.1, 0.15) is 6.04 Å². The summed E-state index contributed by atoms with van der Waals surface area (Å²) in [5.74, 6) is 0.873. The fraction of sp³-hybridized carbons (Fsp3) is 0.148. The van der Waals surface area contributed by atoms with E-state index in [1.54, 1.807) is 16.8 Å². The monoisotopic (exact) mass is 512 g/mol. The maximum Gasteiger partial charge on any atom is 0.269 e. The smallest absolute Gasteiger partial charge is 0.269 e. The predicted molar refractivity (Wildman–Crippen MR) is 143 cm³/mol. The number of carbonyl (C=O) groups excluding carboxylic acids is 1. The molecule has 1 unspecified atom stereocenters. The van der Waals surface area contributed by atoms with E-state index < -0.39 is 11.0 Å². The maximum absolute atomic E-state index is 13.5. The van der Waals surface area contributed by atoms with Gasteiger partial charge >= 0.3 is 0 Å². The van der Waals surface area contributed by atoms with Crippen LogP contribution in [-0.4, -0.2) is 25.6 Å². The molecule has 0 saturated heterocycles. The number of para-hydroxylation sites is 1. The second kappa shape index (κ2) is 10.3. The van der Waals surface area contributed by atoms with Gasteiger partial charge in [-0.05, 0) is 37.1 Å². The number of carbonyl (C=O) groups is 1. The van der Waals surface area contributed by atoms with Crippen molar-refractivity contribution in [2.75, 3.05) is 10.6 Å². The number of nitrogens with one attached hydrogen (secondary N) is 2. The van der Waals surface area contributed by atoms with Gasteiger partial charge in [-0.25, -0.2) is 4.68 Å². The van der Waals surface area contributed by atoms with Crippen LogP contribution in [0, 0.1) is 17.0 Å². The molecule has 5 rings (SSSR count). The molecule has 0 saturated carbocycles. The number of fused-ring (bicyclic) bond motifs is 1. The molecule has 9 nitrogen and oxygen atoms in total. The predicted octanol–water partition coefficient (Wildman–Crippen LogP) is 5.71. The van der Waals surface area contributed by atoms with E-state index in [9.17, 15) is 14.9 Å². The van der Waals surface area contributed by atoms with Crippen molar-refractivity contribution in [2.24, 2.45) is 0 Å². The van der Waals surface area contributed by atoms with E-state index in [4.69, 9.17) is 5.10 Å². The molecule has 1 aromatic heterocycles. The lowest BCUT2D eigenvalue weighted by Gasteiger charge is -2.28. The third-order valence-corrected chi connectivity index (χ3v) is 6.93. The number of aromatic nitrogens is 3. The number of thioether (sulfide) groups is 1. The quantitative estimate of drug-likeness (QED) is 0.185. The van der Waals surface area contributed by atoms with Gasteiger partial charge in [0.25, 0.3) is 11.6 Å². The summed E-state index contributed by atoms with van der Waals surface area (Å²) in [4.78, 5) is 28.7. The number of allylic oxidation sites excluding steroid dienone is 1. The van der Waals surface area contributed by atoms with Gasteiger partial charge in [-0.3, -0.25) is 14.9 Å². The summed E-state index contributed by atoms with van der Waals surface area (Å²) in [6.45, 7) is 3.88. The Kier molecular flexibility index (Phi) is 6.74. The summed E-state index contributed by atoms with van der Waals surface area (Å²) in [5.41, 5.74) is 4.97. The van der Waals surface area contributed by atoms with Gasteiger partial charge in [-0.2, -0.15) is 4.98 Å². The number of nitrogens with zero attached hydrogens (tertiary/aromatic N) is 4. The average Bonchev–Trinajstić information content (AvgIpc) is 3.30. The highest BCUT2D eigenvalue weighted by Crippen LogP contribution is 2.37. The highest BCUT2D eigenvalue weighted by Gasteiger charge is 2.34. The molecular weight excluding hydrogens is 488 g/mol. The maximum atomic E-state index is 13.5. The average molecular weight is 513 g/mol. The Morgan fingerprint density at radius 2 is 1.76 bits per heavy atom. The number of aryl methyl sites for hydroxylation is 1. The van der Waals surface area contributed by atoms with E-state index in [1.807, 2.05) is 68.4 Å². The minimum atomic E-state index is -0.471. The van der Waals surface area contributed by atoms with E-state index >= 15 is 0 Å². The van der Waals surface area contributed by atoms with Crippen LogP contribution in [0.4, 0.5) is 17.3 Å². The Morgan fingerprint density at radius 1 is 1.05 bits per heavy atom. The van der Waals surface area contributed by atoms with E-state index in [-0.39, 0.29) is 11.6 Å². The van der Waals surface area contributed by atoms with Crippen molar-refractivity contribution in [1.29, 1.82) is 0 Å². The topological polar surface area (TPSA) is 115 Å². The van der Waals surface area contributed by atoms with Crippen molar-refractivity contribution in [3.63, 3.8) is 0 Å². The van der Waals surface area contributed by atoms with Crippen molar-refractivity contribution >= 4 is 35.0 Å². The minimum Gasteiger partial charge on any atom is -0.328 e. The second-order valence-electron chi connectivity index (χ2n) is 8.67. The summed E-state index contributed by atoms with van der Waals surface area (Å²) in [6, 6.07) is 23.3. The molecule has 2 heterocycles. The number of amides is 1. The van der Waals surface area contributed by atoms with Crippen LogP contribution in [0.15, 0.2) is 95.3 Å². The zero-order chi connectivity index (χ0) is 25.9. The number of nitro groups is 1. The molecule has 0 spiro atoms. The number of rotatable bonds is 7. The first-order valence-corrected chi connectivity index (χ1v) is 12.6. The fourth-order valence-electron chi connectivity index (χ4n) is 4.13. The Morgan fingerprint density at radius 3 is 2.43 bits per heavy atom. The lowest BCUT2D eigenvalue weighted by Crippen LogP contribution is -2.31. The lowest BCUT2D eigenvalue weighted by atomic mass is 9.94. The number of benzene rings is 3. The Hall–Kier alpha value is -4.44. The molecule has 1 amide bonds. The number of hydrogen-bond donors (Lipinski definition) is 2. The van der Waals surface area contributed by atoms with Gasteiger partial charge in [-0.1, -0.05) is 71.9 Å². The first-order valence-electron chi connectivity index (χ1n) is 11.6. The Balaban J connectivity index is 1.45. The molecule has 1 aliphatic heterocycles. The van der Waals surface area contributed by atoms with Crippen LogP contribution >= 0.6 is 11.8 Å². The number of nitro benzene ring substituents is 1. The summed E-state index contributed by atoms with van der Waals surface area (Å²) in [5, 5.41) is 22.4. The zero-order valence-corrected chi connectivity index (χ0v) is 21.0. The minimum absolute atomic E-state index is 0.0531. The number of anilines is 2. The molecular formula is C27H24N6O3S. The van der Waals surface area contributed by atoms with Crippen LogP contribution in [0.1, 0.15) is 29.7 Å². The van der Waals surface area contributed by atoms with Gasteiger partial charge in [0.2, 0.25) is 11.1 Å². The second-order valence-corrected chi connectivity index (χ2v) is 9.61. The Bertz CT molecular complexity index is 1480. The molecule has 2 N–H and O–H groups in total. The molecule has 0 fully saturated rings. The summed E-state index contributed by atoms with van der Waals surface area (Å²) in [7, 11) is 0. The first-order chi connectivity index (χ1) is 17.9. The SMILES string of the molecule is CC1=C(C(=O)Nc2ccccc2)C(c2ccc(C)cc2)n2nc(SCc3ccc([N+](=O)[O-])cc3)nc2N1. The van der Waals surface area contributed by atoms with Crippen LogP contribution in [-0.2, 0) is 10.5 Å². The van der Waals surface area contributed by atoms with Gasteiger partial charge in [0.15, 0.2) is 0 Å². The van der Waals surface area contributed by atoms with Crippen molar-refractivity contribution < 1.29 is 9.72 Å². The van der Waals surface area contributed by atoms with Gasteiger partial charge in [0.05, 0.1) is 10.5 Å². The summed E-state index contributed by atoms with van der Waals surface area (Å²) < 4.78 is 1.75. The molecule has 0 aliphatic carbocycles. The van der Waals surface area contributed by atoms with Gasteiger partial charge < -0.3 is 10.6 Å². The molecule has 186 valence electrons. The van der Waals surface area contributed by atoms with Crippen LogP contribution in [0.3, 0.4) is 0 Å². The van der Waals surface area contributed by atoms with Crippen LogP contribution < -0.4 is 10.6 Å². The van der Waals surface area contributed by atoms with Crippen molar-refractivity contribution in [2.45, 2.75) is 30.8 Å². The third kappa shape index (κ3) is 5.24. The molecule has 3 aromatic carbocycles. The molecule has 0 bridgehead atoms. The molecule has 10 heteroatoms. The van der Waals surface area contributed by atoms with E-state index in [0.717, 1.165) is 16.7 Å². The first kappa shape index (κ1) is 24.3. The van der Waals surface area contributed by atoms with Crippen molar-refractivity contribution in [1.82, 2.24) is 14.8 Å². The van der Waals surface area contributed by atoms with Crippen molar-refractivity contribution in [3.8, 4) is 0 Å². The molecule has 37 heavy (non-hydrogen) atoms.